The Morgan fingerprint density at radius 2 is 1.89 bits per heavy atom. The number of rotatable bonds is 7. The first-order valence-electron chi connectivity index (χ1n) is 5.95. The molecular formula is C13H18ClNO3. The average molecular weight is 272 g/mol. The highest BCUT2D eigenvalue weighted by molar-refractivity contribution is 6.33. The lowest BCUT2D eigenvalue weighted by molar-refractivity contribution is -0.131. The van der Waals surface area contributed by atoms with Crippen molar-refractivity contribution in [2.45, 2.75) is 20.1 Å². The van der Waals surface area contributed by atoms with Gasteiger partial charge in [0.05, 0.1) is 17.1 Å². The third kappa shape index (κ3) is 4.64. The molecule has 0 saturated heterocycles. The lowest BCUT2D eigenvalue weighted by Crippen LogP contribution is -2.35. The van der Waals surface area contributed by atoms with Gasteiger partial charge in [-0.3, -0.25) is 4.79 Å². The Morgan fingerprint density at radius 3 is 2.44 bits per heavy atom. The summed E-state index contributed by atoms with van der Waals surface area (Å²) in [6, 6.07) is 6.90. The van der Waals surface area contributed by atoms with E-state index in [4.69, 9.17) is 21.1 Å². The van der Waals surface area contributed by atoms with Crippen LogP contribution in [0.15, 0.2) is 24.3 Å². The second-order valence-corrected chi connectivity index (χ2v) is 3.94. The highest BCUT2D eigenvalue weighted by Gasteiger charge is 2.13. The van der Waals surface area contributed by atoms with Crippen LogP contribution in [-0.4, -0.2) is 32.0 Å². The molecule has 0 aliphatic heterocycles. The maximum absolute atomic E-state index is 11.9. The molecule has 0 spiro atoms. The van der Waals surface area contributed by atoms with Gasteiger partial charge in [-0.05, 0) is 26.0 Å². The summed E-state index contributed by atoms with van der Waals surface area (Å²) in [4.78, 5) is 11.9. The van der Waals surface area contributed by atoms with Crippen LogP contribution in [0.5, 0.6) is 0 Å². The van der Waals surface area contributed by atoms with Crippen molar-refractivity contribution in [3.05, 3.63) is 34.9 Å². The maximum atomic E-state index is 11.9. The van der Waals surface area contributed by atoms with Crippen LogP contribution < -0.4 is 5.32 Å². The van der Waals surface area contributed by atoms with Gasteiger partial charge < -0.3 is 14.8 Å². The third-order valence-corrected chi connectivity index (χ3v) is 2.58. The van der Waals surface area contributed by atoms with E-state index in [2.05, 4.69) is 5.32 Å². The number of hydrogen-bond acceptors (Lipinski definition) is 3. The second kappa shape index (κ2) is 8.08. The smallest absolute Gasteiger partial charge is 0.252 e. The lowest BCUT2D eigenvalue weighted by atomic mass is 10.2. The fourth-order valence-electron chi connectivity index (χ4n) is 1.45. The van der Waals surface area contributed by atoms with Crippen LogP contribution in [0.2, 0.25) is 5.02 Å². The number of carbonyl (C=O) groups is 1. The van der Waals surface area contributed by atoms with Crippen molar-refractivity contribution in [3.8, 4) is 0 Å². The quantitative estimate of drug-likeness (QED) is 0.775. The minimum absolute atomic E-state index is 0.231. The highest BCUT2D eigenvalue weighted by Crippen LogP contribution is 2.14. The Morgan fingerprint density at radius 1 is 1.28 bits per heavy atom. The Balaban J connectivity index is 2.52. The first-order chi connectivity index (χ1) is 8.69. The zero-order valence-electron chi connectivity index (χ0n) is 10.6. The normalized spacial score (nSPS) is 10.7. The van der Waals surface area contributed by atoms with Gasteiger partial charge in [-0.1, -0.05) is 23.7 Å². The molecule has 1 rings (SSSR count). The number of ether oxygens (including phenoxy) is 2. The van der Waals surface area contributed by atoms with Crippen LogP contribution in [0, 0.1) is 0 Å². The van der Waals surface area contributed by atoms with Crippen molar-refractivity contribution in [2.24, 2.45) is 0 Å². The molecule has 0 heterocycles. The number of carbonyl (C=O) groups excluding carboxylic acids is 1. The van der Waals surface area contributed by atoms with E-state index in [1.807, 2.05) is 13.8 Å². The summed E-state index contributed by atoms with van der Waals surface area (Å²) in [5.41, 5.74) is 0.450. The van der Waals surface area contributed by atoms with Crippen LogP contribution in [0.1, 0.15) is 24.2 Å². The van der Waals surface area contributed by atoms with Gasteiger partial charge in [-0.15, -0.1) is 0 Å². The zero-order chi connectivity index (χ0) is 13.4. The number of benzene rings is 1. The maximum Gasteiger partial charge on any atom is 0.252 e. The molecule has 1 amide bonds. The Hall–Kier alpha value is -1.10. The van der Waals surface area contributed by atoms with E-state index < -0.39 is 6.29 Å². The van der Waals surface area contributed by atoms with Gasteiger partial charge in [0.2, 0.25) is 0 Å². The summed E-state index contributed by atoms with van der Waals surface area (Å²) in [5.74, 6) is -0.231. The summed E-state index contributed by atoms with van der Waals surface area (Å²) in [6.45, 7) is 5.12. The van der Waals surface area contributed by atoms with Crippen molar-refractivity contribution in [1.82, 2.24) is 5.32 Å². The highest BCUT2D eigenvalue weighted by atomic mass is 35.5. The van der Waals surface area contributed by atoms with Crippen molar-refractivity contribution in [2.75, 3.05) is 19.8 Å². The van der Waals surface area contributed by atoms with E-state index in [0.29, 0.717) is 30.3 Å². The summed E-state index contributed by atoms with van der Waals surface area (Å²) >= 11 is 5.93. The molecule has 0 aliphatic carbocycles. The molecule has 0 bridgehead atoms. The topological polar surface area (TPSA) is 47.6 Å². The molecule has 0 atom stereocenters. The molecule has 1 aromatic carbocycles. The molecule has 100 valence electrons. The number of hydrogen-bond donors (Lipinski definition) is 1. The van der Waals surface area contributed by atoms with Crippen LogP contribution in [-0.2, 0) is 9.47 Å². The summed E-state index contributed by atoms with van der Waals surface area (Å²) in [6.07, 6.45) is -0.425. The Bertz CT molecular complexity index is 378. The van der Waals surface area contributed by atoms with Gasteiger partial charge >= 0.3 is 0 Å². The van der Waals surface area contributed by atoms with Gasteiger partial charge in [0.1, 0.15) is 0 Å². The zero-order valence-corrected chi connectivity index (χ0v) is 11.4. The van der Waals surface area contributed by atoms with E-state index in [-0.39, 0.29) is 5.91 Å². The molecule has 0 aromatic heterocycles. The summed E-state index contributed by atoms with van der Waals surface area (Å²) in [5, 5.41) is 3.17. The predicted molar refractivity (Wildman–Crippen MR) is 70.8 cm³/mol. The van der Waals surface area contributed by atoms with E-state index in [1.165, 1.54) is 0 Å². The average Bonchev–Trinajstić information content (AvgIpc) is 2.36. The van der Waals surface area contributed by atoms with E-state index >= 15 is 0 Å². The number of nitrogens with one attached hydrogen (secondary N) is 1. The van der Waals surface area contributed by atoms with Crippen molar-refractivity contribution in [3.63, 3.8) is 0 Å². The van der Waals surface area contributed by atoms with Gasteiger partial charge in [-0.2, -0.15) is 0 Å². The fraction of sp³-hybridized carbons (Fsp3) is 0.462. The van der Waals surface area contributed by atoms with Crippen molar-refractivity contribution in [1.29, 1.82) is 0 Å². The SMILES string of the molecule is CCOC(CNC(=O)c1ccccc1Cl)OCC. The Kier molecular flexibility index (Phi) is 6.72. The van der Waals surface area contributed by atoms with E-state index in [1.54, 1.807) is 24.3 Å². The van der Waals surface area contributed by atoms with Gasteiger partial charge in [0.15, 0.2) is 6.29 Å². The predicted octanol–water partition coefficient (Wildman–Crippen LogP) is 2.47. The monoisotopic (exact) mass is 271 g/mol. The standard InChI is InChI=1S/C13H18ClNO3/c1-3-17-12(18-4-2)9-15-13(16)10-7-5-6-8-11(10)14/h5-8,12H,3-4,9H2,1-2H3,(H,15,16). The molecule has 18 heavy (non-hydrogen) atoms. The first kappa shape index (κ1) is 15.0. The molecule has 5 heteroatoms. The minimum atomic E-state index is -0.425. The second-order valence-electron chi connectivity index (χ2n) is 3.53. The lowest BCUT2D eigenvalue weighted by Gasteiger charge is -2.17. The first-order valence-corrected chi connectivity index (χ1v) is 6.32. The van der Waals surface area contributed by atoms with Gasteiger partial charge in [0.25, 0.3) is 5.91 Å². The Labute approximate surface area is 112 Å². The fourth-order valence-corrected chi connectivity index (χ4v) is 1.68. The molecule has 0 saturated carbocycles. The molecule has 1 aromatic rings. The molecule has 4 nitrogen and oxygen atoms in total. The molecule has 0 fully saturated rings. The van der Waals surface area contributed by atoms with Crippen LogP contribution in [0.3, 0.4) is 0 Å². The molecular weight excluding hydrogens is 254 g/mol. The van der Waals surface area contributed by atoms with Gasteiger partial charge in [0, 0.05) is 13.2 Å². The van der Waals surface area contributed by atoms with E-state index in [9.17, 15) is 4.79 Å². The van der Waals surface area contributed by atoms with E-state index in [0.717, 1.165) is 0 Å². The summed E-state index contributed by atoms with van der Waals surface area (Å²) < 4.78 is 10.7. The van der Waals surface area contributed by atoms with Crippen molar-refractivity contribution >= 4 is 17.5 Å². The van der Waals surface area contributed by atoms with Crippen molar-refractivity contribution < 1.29 is 14.3 Å². The molecule has 0 unspecified atom stereocenters. The third-order valence-electron chi connectivity index (χ3n) is 2.25. The minimum Gasteiger partial charge on any atom is -0.351 e. The molecule has 1 N–H and O–H groups in total. The molecule has 0 aliphatic rings. The summed E-state index contributed by atoms with van der Waals surface area (Å²) in [7, 11) is 0. The van der Waals surface area contributed by atoms with Crippen LogP contribution >= 0.6 is 11.6 Å². The largest absolute Gasteiger partial charge is 0.351 e. The van der Waals surface area contributed by atoms with Gasteiger partial charge in [-0.25, -0.2) is 0 Å². The molecule has 0 radical (unpaired) electrons. The van der Waals surface area contributed by atoms with Crippen LogP contribution in [0.25, 0.3) is 0 Å². The number of halogens is 1. The van der Waals surface area contributed by atoms with Crippen LogP contribution in [0.4, 0.5) is 0 Å². The number of amides is 1.